The van der Waals surface area contributed by atoms with Crippen molar-refractivity contribution in [1.82, 2.24) is 4.98 Å². The fraction of sp³-hybridized carbons (Fsp3) is 0.300. The van der Waals surface area contributed by atoms with Crippen LogP contribution in [0.3, 0.4) is 0 Å². The van der Waals surface area contributed by atoms with E-state index >= 15 is 0 Å². The molecular weight excluding hydrogens is 289 g/mol. The van der Waals surface area contributed by atoms with Gasteiger partial charge in [-0.25, -0.2) is 4.98 Å². The van der Waals surface area contributed by atoms with E-state index in [1.165, 1.54) is 11.3 Å². The van der Waals surface area contributed by atoms with Crippen LogP contribution in [0.1, 0.15) is 12.3 Å². The second-order valence-corrected chi connectivity index (χ2v) is 5.81. The Morgan fingerprint density at radius 3 is 2.81 bits per heavy atom. The molecule has 0 amide bonds. The van der Waals surface area contributed by atoms with Crippen LogP contribution in [-0.2, 0) is 6.42 Å². The fourth-order valence-electron chi connectivity index (χ4n) is 1.28. The van der Waals surface area contributed by atoms with Crippen LogP contribution in [0.5, 0.6) is 0 Å². The van der Waals surface area contributed by atoms with Crippen molar-refractivity contribution in [3.05, 3.63) is 26.8 Å². The predicted molar refractivity (Wildman–Crippen MR) is 68.9 cm³/mol. The molecule has 0 spiro atoms. The number of nitrogens with zero attached hydrogens (tertiary/aromatic N) is 1. The van der Waals surface area contributed by atoms with E-state index in [0.29, 0.717) is 26.2 Å². The van der Waals surface area contributed by atoms with Crippen LogP contribution >= 0.6 is 46.1 Å². The molecule has 0 fully saturated rings. The average Bonchev–Trinajstić information content (AvgIpc) is 2.82. The highest BCUT2D eigenvalue weighted by atomic mass is 35.5. The molecule has 0 saturated carbocycles. The van der Waals surface area contributed by atoms with Gasteiger partial charge in [0, 0.05) is 17.9 Å². The van der Waals surface area contributed by atoms with E-state index in [2.05, 4.69) is 4.98 Å². The quantitative estimate of drug-likeness (QED) is 0.751. The highest BCUT2D eigenvalue weighted by Gasteiger charge is 2.13. The van der Waals surface area contributed by atoms with Gasteiger partial charge >= 0.3 is 0 Å². The minimum atomic E-state index is 0.600. The van der Waals surface area contributed by atoms with Crippen molar-refractivity contribution in [3.8, 4) is 11.3 Å². The van der Waals surface area contributed by atoms with Crippen LogP contribution in [0.4, 0.5) is 0 Å². The number of alkyl halides is 1. The van der Waals surface area contributed by atoms with Gasteiger partial charge in [-0.2, -0.15) is 0 Å². The number of halogens is 3. The van der Waals surface area contributed by atoms with E-state index in [9.17, 15) is 0 Å². The highest BCUT2D eigenvalue weighted by Crippen LogP contribution is 2.38. The number of aryl methyl sites for hydroxylation is 1. The van der Waals surface area contributed by atoms with Gasteiger partial charge in [0.1, 0.15) is 4.34 Å². The molecule has 0 aromatic carbocycles. The van der Waals surface area contributed by atoms with Crippen molar-refractivity contribution in [1.29, 1.82) is 0 Å². The third-order valence-electron chi connectivity index (χ3n) is 2.00. The first kappa shape index (κ1) is 12.2. The van der Waals surface area contributed by atoms with Crippen LogP contribution in [0.2, 0.25) is 8.67 Å². The zero-order chi connectivity index (χ0) is 11.5. The van der Waals surface area contributed by atoms with Crippen LogP contribution in [-0.4, -0.2) is 10.9 Å². The zero-order valence-corrected chi connectivity index (χ0v) is 11.3. The van der Waals surface area contributed by atoms with Gasteiger partial charge in [0.2, 0.25) is 0 Å². The molecule has 2 aromatic heterocycles. The van der Waals surface area contributed by atoms with E-state index in [0.717, 1.165) is 18.4 Å². The Kier molecular flexibility index (Phi) is 4.14. The predicted octanol–water partition coefficient (Wildman–Crippen LogP) is 4.88. The van der Waals surface area contributed by atoms with Gasteiger partial charge in [0.25, 0.3) is 0 Å². The lowest BCUT2D eigenvalue weighted by atomic mass is 10.3. The van der Waals surface area contributed by atoms with Crippen molar-refractivity contribution in [2.24, 2.45) is 0 Å². The van der Waals surface area contributed by atoms with Gasteiger partial charge in [0.15, 0.2) is 11.7 Å². The molecule has 0 aliphatic carbocycles. The molecule has 0 N–H and O–H groups in total. The zero-order valence-electron chi connectivity index (χ0n) is 8.17. The molecule has 0 radical (unpaired) electrons. The number of rotatable bonds is 4. The lowest BCUT2D eigenvalue weighted by molar-refractivity contribution is 0.503. The highest BCUT2D eigenvalue weighted by molar-refractivity contribution is 7.20. The average molecular weight is 297 g/mol. The molecule has 86 valence electrons. The van der Waals surface area contributed by atoms with Crippen molar-refractivity contribution < 1.29 is 4.42 Å². The topological polar surface area (TPSA) is 26.0 Å². The second-order valence-electron chi connectivity index (χ2n) is 3.15. The van der Waals surface area contributed by atoms with Crippen molar-refractivity contribution >= 4 is 46.1 Å². The van der Waals surface area contributed by atoms with E-state index < -0.39 is 0 Å². The van der Waals surface area contributed by atoms with Gasteiger partial charge in [-0.15, -0.1) is 22.9 Å². The van der Waals surface area contributed by atoms with E-state index in [1.54, 1.807) is 12.3 Å². The number of hydrogen-bond donors (Lipinski definition) is 0. The van der Waals surface area contributed by atoms with Crippen LogP contribution < -0.4 is 0 Å². The van der Waals surface area contributed by atoms with Gasteiger partial charge < -0.3 is 4.42 Å². The molecular formula is C10H8Cl3NOS. The molecule has 0 aliphatic rings. The lowest BCUT2D eigenvalue weighted by Crippen LogP contribution is -1.84. The van der Waals surface area contributed by atoms with E-state index in [-0.39, 0.29) is 0 Å². The largest absolute Gasteiger partial charge is 0.441 e. The summed E-state index contributed by atoms with van der Waals surface area (Å²) in [5, 5.41) is 0. The summed E-state index contributed by atoms with van der Waals surface area (Å²) in [6.45, 7) is 0. The first-order chi connectivity index (χ1) is 7.70. The van der Waals surface area contributed by atoms with Crippen LogP contribution in [0, 0.1) is 0 Å². The van der Waals surface area contributed by atoms with Crippen molar-refractivity contribution in [2.75, 3.05) is 5.88 Å². The summed E-state index contributed by atoms with van der Waals surface area (Å²) in [4.78, 5) is 4.16. The molecule has 16 heavy (non-hydrogen) atoms. The smallest absolute Gasteiger partial charge is 0.194 e. The monoisotopic (exact) mass is 295 g/mol. The molecule has 2 nitrogen and oxygen atoms in total. The summed E-state index contributed by atoms with van der Waals surface area (Å²) < 4.78 is 6.81. The minimum Gasteiger partial charge on any atom is -0.441 e. The second kappa shape index (κ2) is 5.41. The number of thiophene rings is 1. The summed E-state index contributed by atoms with van der Waals surface area (Å²) in [6, 6.07) is 1.78. The third-order valence-corrected chi connectivity index (χ3v) is 3.75. The maximum Gasteiger partial charge on any atom is 0.194 e. The van der Waals surface area contributed by atoms with E-state index in [4.69, 9.17) is 39.2 Å². The fourth-order valence-corrected chi connectivity index (χ4v) is 2.88. The maximum atomic E-state index is 6.02. The molecule has 0 unspecified atom stereocenters. The van der Waals surface area contributed by atoms with Gasteiger partial charge in [-0.3, -0.25) is 0 Å². The Labute approximate surface area is 112 Å². The van der Waals surface area contributed by atoms with Crippen molar-refractivity contribution in [2.45, 2.75) is 12.8 Å². The summed E-state index contributed by atoms with van der Waals surface area (Å²) in [7, 11) is 0. The molecule has 0 saturated heterocycles. The number of hydrogen-bond acceptors (Lipinski definition) is 3. The number of oxazole rings is 1. The Morgan fingerprint density at radius 1 is 1.38 bits per heavy atom. The summed E-state index contributed by atoms with van der Waals surface area (Å²) in [5.74, 6) is 1.93. The first-order valence-corrected chi connectivity index (χ1v) is 6.77. The molecule has 2 rings (SSSR count). The van der Waals surface area contributed by atoms with Gasteiger partial charge in [-0.05, 0) is 12.5 Å². The number of aromatic nitrogens is 1. The molecule has 2 aromatic rings. The molecule has 0 bridgehead atoms. The Bertz CT molecular complexity index is 480. The maximum absolute atomic E-state index is 6.02. The van der Waals surface area contributed by atoms with Crippen molar-refractivity contribution in [3.63, 3.8) is 0 Å². The normalized spacial score (nSPS) is 10.9. The van der Waals surface area contributed by atoms with Gasteiger partial charge in [-0.1, -0.05) is 23.2 Å². The summed E-state index contributed by atoms with van der Waals surface area (Å²) in [6.07, 6.45) is 3.24. The summed E-state index contributed by atoms with van der Waals surface area (Å²) >= 11 is 18.8. The third kappa shape index (κ3) is 2.72. The standard InChI is InChI=1S/C10H8Cl3NOS/c11-3-1-2-9-14-5-7(15-9)6-4-8(12)16-10(6)13/h4-5H,1-3H2. The van der Waals surface area contributed by atoms with Crippen LogP contribution in [0.15, 0.2) is 16.7 Å². The molecule has 0 atom stereocenters. The first-order valence-electron chi connectivity index (χ1n) is 4.66. The molecule has 2 heterocycles. The van der Waals surface area contributed by atoms with Crippen LogP contribution in [0.25, 0.3) is 11.3 Å². The Hall–Kier alpha value is -0.220. The lowest BCUT2D eigenvalue weighted by Gasteiger charge is -1.92. The van der Waals surface area contributed by atoms with E-state index in [1.807, 2.05) is 0 Å². The Balaban J connectivity index is 2.21. The molecule has 6 heteroatoms. The SMILES string of the molecule is ClCCCc1ncc(-c2cc(Cl)sc2Cl)o1. The minimum absolute atomic E-state index is 0.600. The van der Waals surface area contributed by atoms with Gasteiger partial charge in [0.05, 0.1) is 10.5 Å². The Morgan fingerprint density at radius 2 is 2.19 bits per heavy atom. The summed E-state index contributed by atoms with van der Waals surface area (Å²) in [5.41, 5.74) is 0.793. The molecule has 0 aliphatic heterocycles.